The van der Waals surface area contributed by atoms with Crippen molar-refractivity contribution in [2.24, 2.45) is 16.7 Å². The van der Waals surface area contributed by atoms with Crippen LogP contribution in [0.2, 0.25) is 0 Å². The van der Waals surface area contributed by atoms with Gasteiger partial charge < -0.3 is 5.11 Å². The third kappa shape index (κ3) is 2.52. The fourth-order valence-electron chi connectivity index (χ4n) is 4.66. The molecule has 3 nitrogen and oxygen atoms in total. The van der Waals surface area contributed by atoms with Crippen LogP contribution in [0, 0.1) is 16.7 Å². The van der Waals surface area contributed by atoms with Crippen LogP contribution in [-0.2, 0) is 15.6 Å². The Hall–Kier alpha value is -1.26. The number of carbonyl (C=O) groups excluding carboxylic acids is 1. The molecule has 1 N–H and O–H groups in total. The number of aldehydes is 1. The van der Waals surface area contributed by atoms with E-state index in [-0.39, 0.29) is 10.8 Å². The SMILES string of the molecule is CC1(C)[C@@H]2CC[C@@]1(CS(=O)/C(=C/C=O)c1ccccc1)[C@H](O)C2. The molecule has 2 aliphatic rings. The van der Waals surface area contributed by atoms with Gasteiger partial charge in [0.05, 0.1) is 16.9 Å². The number of rotatable bonds is 5. The van der Waals surface area contributed by atoms with E-state index >= 15 is 0 Å². The lowest BCUT2D eigenvalue weighted by Crippen LogP contribution is -2.43. The fraction of sp³-hybridized carbons (Fsp3) is 0.526. The Balaban J connectivity index is 1.91. The van der Waals surface area contributed by atoms with E-state index in [1.54, 1.807) is 0 Å². The van der Waals surface area contributed by atoms with E-state index in [4.69, 9.17) is 0 Å². The van der Waals surface area contributed by atoms with Gasteiger partial charge in [0.1, 0.15) is 6.29 Å². The first kappa shape index (κ1) is 16.6. The minimum absolute atomic E-state index is 0.00888. The van der Waals surface area contributed by atoms with E-state index in [9.17, 15) is 14.1 Å². The number of fused-ring (bicyclic) bond motifs is 2. The first-order valence-electron chi connectivity index (χ1n) is 8.20. The standard InChI is InChI=1S/C19H24O3S/c1-18(2)15-8-10-19(18,17(21)12-15)13-23(22)16(9-11-20)14-6-4-3-5-7-14/h3-7,9,11,15,17,21H,8,10,12-13H2,1-2H3/b16-9+/t15-,17-,19-,23?/m1/s1. The highest BCUT2D eigenvalue weighted by molar-refractivity contribution is 7.94. The predicted molar refractivity (Wildman–Crippen MR) is 93.1 cm³/mol. The molecule has 4 atom stereocenters. The van der Waals surface area contributed by atoms with Crippen molar-refractivity contribution in [3.63, 3.8) is 0 Å². The maximum atomic E-state index is 13.1. The molecule has 4 heteroatoms. The van der Waals surface area contributed by atoms with Gasteiger partial charge in [-0.25, -0.2) is 0 Å². The molecule has 124 valence electrons. The summed E-state index contributed by atoms with van der Waals surface area (Å²) in [5.74, 6) is 0.927. The highest BCUT2D eigenvalue weighted by Crippen LogP contribution is 2.66. The van der Waals surface area contributed by atoms with Gasteiger partial charge in [0.2, 0.25) is 0 Å². The van der Waals surface area contributed by atoms with Crippen LogP contribution in [0.15, 0.2) is 36.4 Å². The van der Waals surface area contributed by atoms with Gasteiger partial charge in [-0.2, -0.15) is 0 Å². The van der Waals surface area contributed by atoms with Crippen LogP contribution in [0.3, 0.4) is 0 Å². The highest BCUT2D eigenvalue weighted by atomic mass is 32.2. The Morgan fingerprint density at radius 2 is 2.04 bits per heavy atom. The Morgan fingerprint density at radius 3 is 2.57 bits per heavy atom. The summed E-state index contributed by atoms with van der Waals surface area (Å²) in [5, 5.41) is 10.6. The largest absolute Gasteiger partial charge is 0.392 e. The number of allylic oxidation sites excluding steroid dienone is 1. The normalized spacial score (nSPS) is 33.6. The van der Waals surface area contributed by atoms with Gasteiger partial charge >= 0.3 is 0 Å². The Kier molecular flexibility index (Phi) is 4.32. The molecule has 2 fully saturated rings. The molecule has 0 amide bonds. The average molecular weight is 332 g/mol. The zero-order chi connectivity index (χ0) is 16.7. The zero-order valence-electron chi connectivity index (χ0n) is 13.7. The molecule has 1 unspecified atom stereocenters. The van der Waals surface area contributed by atoms with Gasteiger partial charge in [-0.05, 0) is 42.2 Å². The molecule has 1 aromatic rings. The molecular formula is C19H24O3S. The molecule has 3 rings (SSSR count). The number of hydrogen-bond donors (Lipinski definition) is 1. The first-order chi connectivity index (χ1) is 10.9. The van der Waals surface area contributed by atoms with E-state index in [0.29, 0.717) is 22.9 Å². The van der Waals surface area contributed by atoms with E-state index in [2.05, 4.69) is 13.8 Å². The van der Waals surface area contributed by atoms with Crippen molar-refractivity contribution in [2.75, 3.05) is 5.75 Å². The van der Waals surface area contributed by atoms with Gasteiger partial charge in [-0.15, -0.1) is 0 Å². The summed E-state index contributed by atoms with van der Waals surface area (Å²) in [4.78, 5) is 11.6. The van der Waals surface area contributed by atoms with E-state index < -0.39 is 16.9 Å². The molecule has 2 bridgehead atoms. The molecule has 0 spiro atoms. The van der Waals surface area contributed by atoms with Gasteiger partial charge in [0, 0.05) is 16.1 Å². The smallest absolute Gasteiger partial charge is 0.144 e. The van der Waals surface area contributed by atoms with E-state index in [0.717, 1.165) is 24.8 Å². The molecule has 0 heterocycles. The van der Waals surface area contributed by atoms with Crippen molar-refractivity contribution in [3.05, 3.63) is 42.0 Å². The molecule has 2 aliphatic carbocycles. The van der Waals surface area contributed by atoms with Crippen LogP contribution in [0.4, 0.5) is 0 Å². The van der Waals surface area contributed by atoms with Crippen LogP contribution in [-0.4, -0.2) is 27.5 Å². The van der Waals surface area contributed by atoms with Crippen molar-refractivity contribution >= 4 is 22.0 Å². The summed E-state index contributed by atoms with van der Waals surface area (Å²) in [6.45, 7) is 4.40. The molecule has 0 saturated heterocycles. The van der Waals surface area contributed by atoms with Gasteiger partial charge in [-0.1, -0.05) is 44.2 Å². The van der Waals surface area contributed by atoms with Gasteiger partial charge in [-0.3, -0.25) is 9.00 Å². The Bertz CT molecular complexity index is 650. The molecular weight excluding hydrogens is 308 g/mol. The lowest BCUT2D eigenvalue weighted by Gasteiger charge is -2.40. The average Bonchev–Trinajstić information content (AvgIpc) is 2.87. The highest BCUT2D eigenvalue weighted by Gasteiger charge is 2.64. The number of hydrogen-bond acceptors (Lipinski definition) is 3. The molecule has 1 aromatic carbocycles. The van der Waals surface area contributed by atoms with Crippen LogP contribution in [0.25, 0.3) is 4.91 Å². The first-order valence-corrected chi connectivity index (χ1v) is 9.51. The second kappa shape index (κ2) is 5.99. The number of carbonyl (C=O) groups is 1. The number of benzene rings is 1. The predicted octanol–water partition coefficient (Wildman–Crippen LogP) is 3.16. The maximum Gasteiger partial charge on any atom is 0.144 e. The summed E-state index contributed by atoms with van der Waals surface area (Å²) in [6, 6.07) is 9.40. The lowest BCUT2D eigenvalue weighted by molar-refractivity contribution is -0.104. The second-order valence-corrected chi connectivity index (χ2v) is 8.81. The van der Waals surface area contributed by atoms with Crippen LogP contribution in [0.5, 0.6) is 0 Å². The van der Waals surface area contributed by atoms with Crippen LogP contribution in [0.1, 0.15) is 38.7 Å². The third-order valence-corrected chi connectivity index (χ3v) is 7.94. The van der Waals surface area contributed by atoms with Crippen molar-refractivity contribution in [3.8, 4) is 0 Å². The van der Waals surface area contributed by atoms with Gasteiger partial charge in [0.15, 0.2) is 0 Å². The Morgan fingerprint density at radius 1 is 1.35 bits per heavy atom. The second-order valence-electron chi connectivity index (χ2n) is 7.39. The van der Waals surface area contributed by atoms with E-state index in [1.165, 1.54) is 6.08 Å². The fourth-order valence-corrected chi connectivity index (χ4v) is 6.60. The van der Waals surface area contributed by atoms with E-state index in [1.807, 2.05) is 30.3 Å². The molecule has 0 radical (unpaired) electrons. The van der Waals surface area contributed by atoms with Crippen molar-refractivity contribution in [1.82, 2.24) is 0 Å². The topological polar surface area (TPSA) is 54.4 Å². The quantitative estimate of drug-likeness (QED) is 0.665. The summed E-state index contributed by atoms with van der Waals surface area (Å²) >= 11 is 0. The van der Waals surface area contributed by atoms with Crippen molar-refractivity contribution < 1.29 is 14.1 Å². The summed E-state index contributed by atoms with van der Waals surface area (Å²) in [7, 11) is -1.31. The summed E-state index contributed by atoms with van der Waals surface area (Å²) < 4.78 is 13.1. The van der Waals surface area contributed by atoms with Crippen LogP contribution < -0.4 is 0 Å². The molecule has 23 heavy (non-hydrogen) atoms. The minimum Gasteiger partial charge on any atom is -0.392 e. The van der Waals surface area contributed by atoms with Crippen molar-refractivity contribution in [2.45, 2.75) is 39.2 Å². The molecule has 0 aliphatic heterocycles. The van der Waals surface area contributed by atoms with Gasteiger partial charge in [0.25, 0.3) is 0 Å². The number of aliphatic hydroxyl groups excluding tert-OH is 1. The number of aliphatic hydroxyl groups is 1. The zero-order valence-corrected chi connectivity index (χ0v) is 14.5. The lowest BCUT2D eigenvalue weighted by atomic mass is 9.70. The summed E-state index contributed by atoms with van der Waals surface area (Å²) in [6.07, 6.45) is 4.53. The van der Waals surface area contributed by atoms with Crippen LogP contribution >= 0.6 is 0 Å². The molecule has 2 saturated carbocycles. The Labute approximate surface area is 140 Å². The third-order valence-electron chi connectivity index (χ3n) is 6.30. The maximum absolute atomic E-state index is 13.1. The summed E-state index contributed by atoms with van der Waals surface area (Å²) in [5.41, 5.74) is 0.499. The van der Waals surface area contributed by atoms with Crippen molar-refractivity contribution in [1.29, 1.82) is 0 Å². The minimum atomic E-state index is -1.31. The monoisotopic (exact) mass is 332 g/mol. The molecule has 0 aromatic heterocycles.